The van der Waals surface area contributed by atoms with Crippen LogP contribution in [0.1, 0.15) is 55.5 Å². The number of amides is 1. The van der Waals surface area contributed by atoms with Gasteiger partial charge in [-0.1, -0.05) is 26.0 Å². The number of benzene rings is 1. The van der Waals surface area contributed by atoms with E-state index in [9.17, 15) is 4.79 Å². The summed E-state index contributed by atoms with van der Waals surface area (Å²) in [6, 6.07) is 8.27. The Bertz CT molecular complexity index is 560. The van der Waals surface area contributed by atoms with Crippen molar-refractivity contribution in [2.24, 2.45) is 5.92 Å². The smallest absolute Gasteiger partial charge is 0.254 e. The highest BCUT2D eigenvalue weighted by atomic mass is 16.5. The standard InChI is InChI=1S/C21H32N2O2/c1-3-21(4-2)16-23(12-13-25-21)20(24)19-9-7-17(8-10-19)14-18-6-5-11-22-15-18/h7-10,18,22H,3-6,11-16H2,1-2H3/t18-/m0/s1. The SMILES string of the molecule is CCC1(CC)CN(C(=O)c2ccc(C[C@@H]3CCCNC3)cc2)CCO1. The van der Waals surface area contributed by atoms with E-state index in [2.05, 4.69) is 31.3 Å². The third-order valence-corrected chi connectivity index (χ3v) is 5.95. The van der Waals surface area contributed by atoms with Crippen molar-refractivity contribution in [2.75, 3.05) is 32.8 Å². The third kappa shape index (κ3) is 4.42. The highest BCUT2D eigenvalue weighted by Crippen LogP contribution is 2.26. The summed E-state index contributed by atoms with van der Waals surface area (Å²) >= 11 is 0. The Morgan fingerprint density at radius 2 is 2.04 bits per heavy atom. The molecule has 0 radical (unpaired) electrons. The van der Waals surface area contributed by atoms with Crippen molar-refractivity contribution in [3.63, 3.8) is 0 Å². The molecule has 0 unspecified atom stereocenters. The Labute approximate surface area is 151 Å². The summed E-state index contributed by atoms with van der Waals surface area (Å²) in [4.78, 5) is 14.8. The second kappa shape index (κ2) is 8.33. The van der Waals surface area contributed by atoms with Crippen LogP contribution in [0.5, 0.6) is 0 Å². The molecule has 0 bridgehead atoms. The van der Waals surface area contributed by atoms with Crippen LogP contribution >= 0.6 is 0 Å². The molecule has 2 aliphatic heterocycles. The van der Waals surface area contributed by atoms with Crippen molar-refractivity contribution in [2.45, 2.75) is 51.6 Å². The molecule has 1 amide bonds. The minimum absolute atomic E-state index is 0.139. The Morgan fingerprint density at radius 1 is 1.28 bits per heavy atom. The molecule has 2 saturated heterocycles. The first-order valence-electron chi connectivity index (χ1n) is 9.88. The first-order chi connectivity index (χ1) is 12.2. The van der Waals surface area contributed by atoms with Gasteiger partial charge in [-0.2, -0.15) is 0 Å². The molecule has 2 fully saturated rings. The van der Waals surface area contributed by atoms with Crippen LogP contribution in [-0.2, 0) is 11.2 Å². The molecule has 4 heteroatoms. The molecule has 0 aromatic heterocycles. The lowest BCUT2D eigenvalue weighted by atomic mass is 9.92. The van der Waals surface area contributed by atoms with E-state index >= 15 is 0 Å². The van der Waals surface area contributed by atoms with Crippen molar-refractivity contribution in [1.82, 2.24) is 10.2 Å². The van der Waals surface area contributed by atoms with E-state index in [1.807, 2.05) is 17.0 Å². The van der Waals surface area contributed by atoms with E-state index in [4.69, 9.17) is 4.74 Å². The van der Waals surface area contributed by atoms with Crippen LogP contribution in [-0.4, -0.2) is 49.2 Å². The predicted octanol–water partition coefficient (Wildman–Crippen LogP) is 3.26. The minimum atomic E-state index is -0.165. The number of morpholine rings is 1. The Balaban J connectivity index is 1.62. The zero-order chi connectivity index (χ0) is 17.7. The molecular formula is C21H32N2O2. The van der Waals surface area contributed by atoms with Crippen molar-refractivity contribution in [1.29, 1.82) is 0 Å². The fraction of sp³-hybridized carbons (Fsp3) is 0.667. The molecule has 25 heavy (non-hydrogen) atoms. The molecular weight excluding hydrogens is 312 g/mol. The van der Waals surface area contributed by atoms with Gasteiger partial charge in [0.25, 0.3) is 5.91 Å². The van der Waals surface area contributed by atoms with E-state index in [1.165, 1.54) is 18.4 Å². The summed E-state index contributed by atoms with van der Waals surface area (Å²) in [6.45, 7) is 8.59. The molecule has 4 nitrogen and oxygen atoms in total. The van der Waals surface area contributed by atoms with Gasteiger partial charge in [0.2, 0.25) is 0 Å². The first-order valence-corrected chi connectivity index (χ1v) is 9.88. The van der Waals surface area contributed by atoms with E-state index in [1.54, 1.807) is 0 Å². The van der Waals surface area contributed by atoms with Gasteiger partial charge in [0.05, 0.1) is 18.8 Å². The van der Waals surface area contributed by atoms with Crippen molar-refractivity contribution in [3.05, 3.63) is 35.4 Å². The number of hydrogen-bond acceptors (Lipinski definition) is 3. The van der Waals surface area contributed by atoms with E-state index in [-0.39, 0.29) is 11.5 Å². The molecule has 1 atom stereocenters. The number of nitrogens with zero attached hydrogens (tertiary/aromatic N) is 1. The monoisotopic (exact) mass is 344 g/mol. The van der Waals surface area contributed by atoms with Crippen LogP contribution in [0.4, 0.5) is 0 Å². The number of piperidine rings is 1. The lowest BCUT2D eigenvalue weighted by Crippen LogP contribution is -2.53. The Kier molecular flexibility index (Phi) is 6.13. The second-order valence-electron chi connectivity index (χ2n) is 7.58. The lowest BCUT2D eigenvalue weighted by molar-refractivity contribution is -0.103. The molecule has 0 spiro atoms. The number of carbonyl (C=O) groups excluding carboxylic acids is 1. The third-order valence-electron chi connectivity index (χ3n) is 5.95. The quantitative estimate of drug-likeness (QED) is 0.891. The topological polar surface area (TPSA) is 41.6 Å². The fourth-order valence-electron chi connectivity index (χ4n) is 4.09. The highest BCUT2D eigenvalue weighted by Gasteiger charge is 2.35. The minimum Gasteiger partial charge on any atom is -0.371 e. The number of ether oxygens (including phenoxy) is 1. The molecule has 0 saturated carbocycles. The maximum atomic E-state index is 12.9. The van der Waals surface area contributed by atoms with Crippen LogP contribution in [0, 0.1) is 5.92 Å². The number of carbonyl (C=O) groups is 1. The van der Waals surface area contributed by atoms with Crippen LogP contribution < -0.4 is 5.32 Å². The molecule has 0 aliphatic carbocycles. The van der Waals surface area contributed by atoms with Gasteiger partial charge in [0.15, 0.2) is 0 Å². The van der Waals surface area contributed by atoms with Crippen molar-refractivity contribution < 1.29 is 9.53 Å². The molecule has 2 aliphatic rings. The van der Waals surface area contributed by atoms with Crippen LogP contribution in [0.2, 0.25) is 0 Å². The normalized spacial score (nSPS) is 23.4. The van der Waals surface area contributed by atoms with Gasteiger partial charge in [-0.25, -0.2) is 0 Å². The van der Waals surface area contributed by atoms with Gasteiger partial charge in [-0.15, -0.1) is 0 Å². The van der Waals surface area contributed by atoms with Crippen LogP contribution in [0.3, 0.4) is 0 Å². The maximum Gasteiger partial charge on any atom is 0.254 e. The number of hydrogen-bond donors (Lipinski definition) is 1. The Hall–Kier alpha value is -1.39. The lowest BCUT2D eigenvalue weighted by Gasteiger charge is -2.42. The zero-order valence-electron chi connectivity index (χ0n) is 15.7. The average molecular weight is 344 g/mol. The fourth-order valence-corrected chi connectivity index (χ4v) is 4.09. The van der Waals surface area contributed by atoms with Gasteiger partial charge < -0.3 is 15.0 Å². The molecule has 1 aromatic carbocycles. The summed E-state index contributed by atoms with van der Waals surface area (Å²) in [7, 11) is 0. The molecule has 1 N–H and O–H groups in total. The average Bonchev–Trinajstić information content (AvgIpc) is 2.69. The summed E-state index contributed by atoms with van der Waals surface area (Å²) < 4.78 is 5.98. The van der Waals surface area contributed by atoms with E-state index in [0.29, 0.717) is 19.7 Å². The molecule has 1 aromatic rings. The molecule has 2 heterocycles. The molecule has 138 valence electrons. The van der Waals surface area contributed by atoms with Crippen molar-refractivity contribution in [3.8, 4) is 0 Å². The van der Waals surface area contributed by atoms with Gasteiger partial charge >= 0.3 is 0 Å². The number of nitrogens with one attached hydrogen (secondary N) is 1. The Morgan fingerprint density at radius 3 is 2.68 bits per heavy atom. The van der Waals surface area contributed by atoms with Gasteiger partial charge in [0, 0.05) is 12.1 Å². The zero-order valence-corrected chi connectivity index (χ0v) is 15.7. The van der Waals surface area contributed by atoms with Crippen LogP contribution in [0.15, 0.2) is 24.3 Å². The largest absolute Gasteiger partial charge is 0.371 e. The molecule has 3 rings (SSSR count). The maximum absolute atomic E-state index is 12.9. The second-order valence-corrected chi connectivity index (χ2v) is 7.58. The summed E-state index contributed by atoms with van der Waals surface area (Å²) in [5.41, 5.74) is 1.97. The number of rotatable bonds is 5. The van der Waals surface area contributed by atoms with Gasteiger partial charge in [0.1, 0.15) is 0 Å². The van der Waals surface area contributed by atoms with Crippen LogP contribution in [0.25, 0.3) is 0 Å². The van der Waals surface area contributed by atoms with E-state index in [0.717, 1.165) is 43.8 Å². The van der Waals surface area contributed by atoms with E-state index < -0.39 is 0 Å². The van der Waals surface area contributed by atoms with Crippen molar-refractivity contribution >= 4 is 5.91 Å². The predicted molar refractivity (Wildman–Crippen MR) is 101 cm³/mol. The highest BCUT2D eigenvalue weighted by molar-refractivity contribution is 5.94. The van der Waals surface area contributed by atoms with Gasteiger partial charge in [-0.3, -0.25) is 4.79 Å². The van der Waals surface area contributed by atoms with Gasteiger partial charge in [-0.05, 0) is 68.8 Å². The first kappa shape index (κ1) is 18.4. The summed E-state index contributed by atoms with van der Waals surface area (Å²) in [5.74, 6) is 0.865. The summed E-state index contributed by atoms with van der Waals surface area (Å²) in [6.07, 6.45) is 5.57. The summed E-state index contributed by atoms with van der Waals surface area (Å²) in [5, 5.41) is 3.47.